The van der Waals surface area contributed by atoms with E-state index in [1.165, 1.54) is 16.8 Å². The summed E-state index contributed by atoms with van der Waals surface area (Å²) >= 11 is 0. The Morgan fingerprint density at radius 3 is 2.45 bits per heavy atom. The van der Waals surface area contributed by atoms with Crippen LogP contribution in [-0.2, 0) is 0 Å². The zero-order chi connectivity index (χ0) is 14.8. The van der Waals surface area contributed by atoms with Crippen molar-refractivity contribution in [3.05, 3.63) is 60.5 Å². The van der Waals surface area contributed by atoms with Crippen LogP contribution in [0.2, 0.25) is 0 Å². The van der Waals surface area contributed by atoms with Gasteiger partial charge in [0.15, 0.2) is 0 Å². The Hall–Kier alpha value is -2.69. The van der Waals surface area contributed by atoms with E-state index in [-0.39, 0.29) is 12.0 Å². The van der Waals surface area contributed by atoms with Gasteiger partial charge in [0.25, 0.3) is 0 Å². The molecule has 0 spiro atoms. The van der Waals surface area contributed by atoms with Crippen LogP contribution in [0.25, 0.3) is 16.9 Å². The van der Waals surface area contributed by atoms with Crippen LogP contribution in [0.4, 0.5) is 4.39 Å². The van der Waals surface area contributed by atoms with Crippen molar-refractivity contribution in [2.75, 3.05) is 7.11 Å². The number of hydrogen-bond donors (Lipinski definition) is 0. The van der Waals surface area contributed by atoms with E-state index in [4.69, 9.17) is 6.11 Å². The number of methoxy groups -OCH3 is 1. The number of halogens is 1. The summed E-state index contributed by atoms with van der Waals surface area (Å²) in [6.07, 6.45) is 0.145. The Bertz CT molecular complexity index is 754. The van der Waals surface area contributed by atoms with E-state index < -0.39 is 0 Å². The molecule has 2 aromatic carbocycles. The second-order valence-electron chi connectivity index (χ2n) is 4.17. The first kappa shape index (κ1) is 11.2. The van der Waals surface area contributed by atoms with Crippen molar-refractivity contribution < 1.29 is 10.5 Å². The maximum Gasteiger partial charge on any atom is 0.123 e. The van der Waals surface area contributed by atoms with Crippen LogP contribution in [0, 0.1) is 5.82 Å². The highest BCUT2D eigenvalue weighted by Crippen LogP contribution is 2.19. The molecule has 20 heavy (non-hydrogen) atoms. The lowest BCUT2D eigenvalue weighted by Crippen LogP contribution is -1.94. The summed E-state index contributed by atoms with van der Waals surface area (Å²) in [5.41, 5.74) is 1.77. The summed E-state index contributed by atoms with van der Waals surface area (Å²) in [5.74, 6) is 0.400. The molecule has 3 aromatic rings. The molecular formula is C15H12FN3O. The smallest absolute Gasteiger partial charge is 0.123 e. The Morgan fingerprint density at radius 1 is 1.10 bits per heavy atom. The average molecular weight is 270 g/mol. The Balaban J connectivity index is 2.00. The lowest BCUT2D eigenvalue weighted by molar-refractivity contribution is 0.414. The predicted molar refractivity (Wildman–Crippen MR) is 73.3 cm³/mol. The normalized spacial score (nSPS) is 11.2. The summed E-state index contributed by atoms with van der Waals surface area (Å²) in [5, 5.41) is 7.99. The third-order valence-electron chi connectivity index (χ3n) is 2.88. The van der Waals surface area contributed by atoms with Gasteiger partial charge in [-0.05, 0) is 48.5 Å². The quantitative estimate of drug-likeness (QED) is 0.734. The van der Waals surface area contributed by atoms with Crippen molar-refractivity contribution in [1.82, 2.24) is 15.0 Å². The van der Waals surface area contributed by atoms with Gasteiger partial charge in [0.1, 0.15) is 17.3 Å². The molecule has 0 amide bonds. The molecule has 4 nitrogen and oxygen atoms in total. The minimum Gasteiger partial charge on any atom is -0.497 e. The molecule has 0 aliphatic heterocycles. The Labute approximate surface area is 116 Å². The molecular weight excluding hydrogens is 257 g/mol. The van der Waals surface area contributed by atoms with Crippen LogP contribution >= 0.6 is 0 Å². The minimum absolute atomic E-state index is 0.145. The van der Waals surface area contributed by atoms with Gasteiger partial charge < -0.3 is 4.74 Å². The predicted octanol–water partition coefficient (Wildman–Crippen LogP) is 3.08. The van der Waals surface area contributed by atoms with E-state index in [0.717, 1.165) is 5.75 Å². The van der Waals surface area contributed by atoms with Crippen LogP contribution in [0.15, 0.2) is 54.7 Å². The molecule has 0 atom stereocenters. The maximum atomic E-state index is 12.9. The molecule has 0 bridgehead atoms. The summed E-state index contributed by atoms with van der Waals surface area (Å²) in [6.45, 7) is 0. The molecule has 0 saturated heterocycles. The summed E-state index contributed by atoms with van der Waals surface area (Å²) < 4.78 is 27.6. The van der Waals surface area contributed by atoms with Crippen LogP contribution in [-0.4, -0.2) is 22.1 Å². The highest BCUT2D eigenvalue weighted by Gasteiger charge is 2.05. The lowest BCUT2D eigenvalue weighted by atomic mass is 10.2. The third kappa shape index (κ3) is 2.38. The molecule has 0 N–H and O–H groups in total. The molecule has 5 heteroatoms. The number of aromatic nitrogens is 3. The van der Waals surface area contributed by atoms with Gasteiger partial charge in [0, 0.05) is 5.56 Å². The van der Waals surface area contributed by atoms with Gasteiger partial charge in [-0.1, -0.05) is 5.21 Å². The maximum absolute atomic E-state index is 12.9. The molecule has 0 saturated carbocycles. The lowest BCUT2D eigenvalue weighted by Gasteiger charge is -2.02. The second kappa shape index (κ2) is 5.13. The zero-order valence-corrected chi connectivity index (χ0v) is 10.7. The monoisotopic (exact) mass is 270 g/mol. The Kier molecular flexibility index (Phi) is 2.86. The first-order chi connectivity index (χ1) is 10.2. The molecule has 1 heterocycles. The van der Waals surface area contributed by atoms with Crippen molar-refractivity contribution in [3.63, 3.8) is 0 Å². The van der Waals surface area contributed by atoms with Crippen molar-refractivity contribution in [1.29, 1.82) is 0 Å². The van der Waals surface area contributed by atoms with Gasteiger partial charge >= 0.3 is 0 Å². The third-order valence-corrected chi connectivity index (χ3v) is 2.88. The molecule has 100 valence electrons. The summed E-state index contributed by atoms with van der Waals surface area (Å²) in [7, 11) is 1.59. The van der Waals surface area contributed by atoms with E-state index in [1.54, 1.807) is 43.5 Å². The molecule has 0 fully saturated rings. The Morgan fingerprint density at radius 2 is 1.80 bits per heavy atom. The van der Waals surface area contributed by atoms with Crippen LogP contribution in [0.1, 0.15) is 1.37 Å². The highest BCUT2D eigenvalue weighted by molar-refractivity contribution is 5.58. The first-order valence-corrected chi connectivity index (χ1v) is 6.01. The van der Waals surface area contributed by atoms with Crippen molar-refractivity contribution in [2.24, 2.45) is 0 Å². The first-order valence-electron chi connectivity index (χ1n) is 6.51. The van der Waals surface area contributed by atoms with Gasteiger partial charge in [-0.3, -0.25) is 0 Å². The van der Waals surface area contributed by atoms with Crippen molar-refractivity contribution >= 4 is 0 Å². The van der Waals surface area contributed by atoms with E-state index in [9.17, 15) is 4.39 Å². The topological polar surface area (TPSA) is 39.9 Å². The second-order valence-corrected chi connectivity index (χ2v) is 4.17. The number of nitrogens with zero attached hydrogens (tertiary/aromatic N) is 3. The van der Waals surface area contributed by atoms with Gasteiger partial charge in [0.2, 0.25) is 0 Å². The number of ether oxygens (including phenoxy) is 1. The van der Waals surface area contributed by atoms with Gasteiger partial charge in [-0.15, -0.1) is 5.10 Å². The van der Waals surface area contributed by atoms with E-state index >= 15 is 0 Å². The molecule has 0 aliphatic carbocycles. The molecule has 1 aromatic heterocycles. The van der Waals surface area contributed by atoms with Crippen molar-refractivity contribution in [2.45, 2.75) is 0 Å². The van der Waals surface area contributed by atoms with Crippen LogP contribution in [0.3, 0.4) is 0 Å². The van der Waals surface area contributed by atoms with Gasteiger partial charge in [-0.25, -0.2) is 9.07 Å². The minimum atomic E-state index is -0.326. The zero-order valence-electron chi connectivity index (χ0n) is 11.7. The van der Waals surface area contributed by atoms with E-state index in [1.807, 2.05) is 0 Å². The van der Waals surface area contributed by atoms with Crippen LogP contribution < -0.4 is 4.74 Å². The number of rotatable bonds is 3. The molecule has 0 aliphatic rings. The fraction of sp³-hybridized carbons (Fsp3) is 0.0667. The average Bonchev–Trinajstić information content (AvgIpc) is 2.90. The van der Waals surface area contributed by atoms with Crippen LogP contribution in [0.5, 0.6) is 5.75 Å². The van der Waals surface area contributed by atoms with Gasteiger partial charge in [-0.2, -0.15) is 0 Å². The fourth-order valence-electron chi connectivity index (χ4n) is 1.80. The number of benzene rings is 2. The van der Waals surface area contributed by atoms with E-state index in [2.05, 4.69) is 10.3 Å². The fourth-order valence-corrected chi connectivity index (χ4v) is 1.80. The summed E-state index contributed by atoms with van der Waals surface area (Å²) in [6, 6.07) is 13.0. The number of hydrogen-bond acceptors (Lipinski definition) is 3. The molecule has 0 radical (unpaired) electrons. The van der Waals surface area contributed by atoms with E-state index in [0.29, 0.717) is 16.9 Å². The SMILES string of the molecule is [2H]c1c(-c2ccc(F)cc2)nnn1-c1ccc(OC)cc1. The molecule has 3 rings (SSSR count). The van der Waals surface area contributed by atoms with Gasteiger partial charge in [0.05, 0.1) is 20.3 Å². The summed E-state index contributed by atoms with van der Waals surface area (Å²) in [4.78, 5) is 0. The highest BCUT2D eigenvalue weighted by atomic mass is 19.1. The largest absolute Gasteiger partial charge is 0.497 e. The van der Waals surface area contributed by atoms with Crippen molar-refractivity contribution in [3.8, 4) is 22.7 Å². The standard InChI is InChI=1S/C15H12FN3O/c1-20-14-8-6-13(7-9-14)19-10-15(17-18-19)11-2-4-12(16)5-3-11/h2-10H,1H3/i10D. The molecule has 0 unspecified atom stereocenters.